The second-order valence-electron chi connectivity index (χ2n) is 5.26. The van der Waals surface area contributed by atoms with Gasteiger partial charge in [-0.05, 0) is 12.1 Å². The van der Waals surface area contributed by atoms with E-state index in [0.717, 1.165) is 0 Å². The van der Waals surface area contributed by atoms with Gasteiger partial charge in [0, 0.05) is 17.7 Å². The number of esters is 2. The van der Waals surface area contributed by atoms with E-state index in [1.54, 1.807) is 48.5 Å². The monoisotopic (exact) mass is 339 g/mol. The summed E-state index contributed by atoms with van der Waals surface area (Å²) in [5.41, 5.74) is 0.131. The molecular formula is C18H13NO6. The van der Waals surface area contributed by atoms with Gasteiger partial charge in [0.1, 0.15) is 0 Å². The molecule has 7 heteroatoms. The maximum absolute atomic E-state index is 12.6. The van der Waals surface area contributed by atoms with E-state index in [-0.39, 0.29) is 11.3 Å². The van der Waals surface area contributed by atoms with Crippen molar-refractivity contribution in [3.63, 3.8) is 0 Å². The van der Waals surface area contributed by atoms with Gasteiger partial charge in [-0.15, -0.1) is 0 Å². The first-order valence-corrected chi connectivity index (χ1v) is 7.39. The lowest BCUT2D eigenvalue weighted by Gasteiger charge is -2.12. The van der Waals surface area contributed by atoms with Crippen molar-refractivity contribution in [3.05, 3.63) is 64.2 Å². The average molecular weight is 339 g/mol. The Morgan fingerprint density at radius 3 is 1.84 bits per heavy atom. The van der Waals surface area contributed by atoms with E-state index in [1.807, 2.05) is 0 Å². The molecule has 3 aromatic carbocycles. The highest BCUT2D eigenvalue weighted by atomic mass is 16.7. The number of rotatable bonds is 4. The number of carbonyl (C=O) groups excluding carboxylic acids is 2. The number of hydrogen-bond acceptors (Lipinski definition) is 6. The molecule has 0 N–H and O–H groups in total. The van der Waals surface area contributed by atoms with Crippen molar-refractivity contribution >= 4 is 39.2 Å². The fourth-order valence-corrected chi connectivity index (χ4v) is 2.76. The summed E-state index contributed by atoms with van der Waals surface area (Å²) in [4.78, 5) is 34.5. The molecule has 0 unspecified atom stereocenters. The van der Waals surface area contributed by atoms with Crippen LogP contribution in [0.3, 0.4) is 0 Å². The Labute approximate surface area is 141 Å². The van der Waals surface area contributed by atoms with Crippen LogP contribution in [0.5, 0.6) is 0 Å². The fraction of sp³-hybridized carbons (Fsp3) is 0.111. The maximum Gasteiger partial charge on any atom is 0.342 e. The molecule has 0 radical (unpaired) electrons. The van der Waals surface area contributed by atoms with Gasteiger partial charge in [-0.25, -0.2) is 4.79 Å². The Morgan fingerprint density at radius 2 is 1.40 bits per heavy atom. The van der Waals surface area contributed by atoms with E-state index in [0.29, 0.717) is 21.5 Å². The van der Waals surface area contributed by atoms with Crippen LogP contribution >= 0.6 is 0 Å². The number of fused-ring (bicyclic) bond motifs is 2. The normalized spacial score (nSPS) is 10.6. The maximum atomic E-state index is 12.6. The molecule has 0 amide bonds. The standard InChI is InChI=1S/C18H13NO6/c1-11(20)24-10-25-18(21)16-12-6-2-4-8-14(12)17(19(22)23)15-9-5-3-7-13(15)16/h2-9H,10H2,1H3. The number of benzene rings is 3. The Morgan fingerprint density at radius 1 is 0.920 bits per heavy atom. The van der Waals surface area contributed by atoms with E-state index < -0.39 is 23.7 Å². The minimum atomic E-state index is -0.719. The van der Waals surface area contributed by atoms with Crippen molar-refractivity contribution in [3.8, 4) is 0 Å². The second kappa shape index (κ2) is 6.56. The van der Waals surface area contributed by atoms with Crippen LogP contribution < -0.4 is 0 Å². The highest BCUT2D eigenvalue weighted by molar-refractivity contribution is 6.21. The van der Waals surface area contributed by atoms with Gasteiger partial charge in [0.05, 0.1) is 21.3 Å². The summed E-state index contributed by atoms with van der Waals surface area (Å²) < 4.78 is 9.63. The van der Waals surface area contributed by atoms with E-state index in [2.05, 4.69) is 4.74 Å². The first kappa shape index (κ1) is 16.4. The van der Waals surface area contributed by atoms with Crippen LogP contribution in [0.2, 0.25) is 0 Å². The third kappa shape index (κ3) is 2.99. The molecule has 0 atom stereocenters. The molecule has 0 spiro atoms. The molecule has 7 nitrogen and oxygen atoms in total. The molecule has 0 saturated heterocycles. The van der Waals surface area contributed by atoms with Gasteiger partial charge in [0.2, 0.25) is 6.79 Å². The highest BCUT2D eigenvalue weighted by Crippen LogP contribution is 2.38. The van der Waals surface area contributed by atoms with Crippen LogP contribution in [-0.2, 0) is 14.3 Å². The molecule has 0 heterocycles. The van der Waals surface area contributed by atoms with E-state index in [4.69, 9.17) is 4.74 Å². The summed E-state index contributed by atoms with van der Waals surface area (Å²) in [7, 11) is 0. The van der Waals surface area contributed by atoms with Gasteiger partial charge in [-0.1, -0.05) is 36.4 Å². The lowest BCUT2D eigenvalue weighted by Crippen LogP contribution is -2.12. The molecule has 25 heavy (non-hydrogen) atoms. The Kier molecular flexibility index (Phi) is 4.30. The van der Waals surface area contributed by atoms with Crippen LogP contribution in [0.4, 0.5) is 5.69 Å². The zero-order valence-corrected chi connectivity index (χ0v) is 13.2. The van der Waals surface area contributed by atoms with Crippen LogP contribution in [-0.4, -0.2) is 23.7 Å². The molecule has 3 rings (SSSR count). The predicted molar refractivity (Wildman–Crippen MR) is 90.2 cm³/mol. The number of nitro groups is 1. The zero-order valence-electron chi connectivity index (χ0n) is 13.2. The van der Waals surface area contributed by atoms with Crippen molar-refractivity contribution in [2.24, 2.45) is 0 Å². The lowest BCUT2D eigenvalue weighted by molar-refractivity contribution is -0.381. The second-order valence-corrected chi connectivity index (χ2v) is 5.26. The third-order valence-corrected chi connectivity index (χ3v) is 3.74. The number of nitro benzene ring substituents is 1. The van der Waals surface area contributed by atoms with Crippen LogP contribution in [0.15, 0.2) is 48.5 Å². The average Bonchev–Trinajstić information content (AvgIpc) is 2.58. The van der Waals surface area contributed by atoms with Crippen molar-refractivity contribution in [1.82, 2.24) is 0 Å². The summed E-state index contributed by atoms with van der Waals surface area (Å²) >= 11 is 0. The molecule has 126 valence electrons. The molecule has 0 saturated carbocycles. The van der Waals surface area contributed by atoms with Crippen molar-refractivity contribution in [1.29, 1.82) is 0 Å². The van der Waals surface area contributed by atoms with Gasteiger partial charge in [-0.2, -0.15) is 0 Å². The molecule has 0 aliphatic rings. The molecule has 0 bridgehead atoms. The first-order chi connectivity index (χ1) is 12.0. The van der Waals surface area contributed by atoms with Gasteiger partial charge < -0.3 is 9.47 Å². The largest absolute Gasteiger partial charge is 0.428 e. The van der Waals surface area contributed by atoms with E-state index >= 15 is 0 Å². The predicted octanol–water partition coefficient (Wildman–Crippen LogP) is 3.58. The molecule has 0 aliphatic carbocycles. The van der Waals surface area contributed by atoms with Crippen LogP contribution in [0.1, 0.15) is 17.3 Å². The molecule has 0 aliphatic heterocycles. The molecule has 3 aromatic rings. The quantitative estimate of drug-likeness (QED) is 0.237. The summed E-state index contributed by atoms with van der Waals surface area (Å²) in [5.74, 6) is -1.30. The van der Waals surface area contributed by atoms with E-state index in [1.165, 1.54) is 6.92 Å². The number of carbonyl (C=O) groups is 2. The Balaban J connectivity index is 2.26. The van der Waals surface area contributed by atoms with Crippen molar-refractivity contribution < 1.29 is 24.0 Å². The number of hydrogen-bond donors (Lipinski definition) is 0. The topological polar surface area (TPSA) is 95.7 Å². The zero-order chi connectivity index (χ0) is 18.0. The van der Waals surface area contributed by atoms with Gasteiger partial charge >= 0.3 is 11.9 Å². The Hall–Kier alpha value is -3.48. The number of non-ortho nitro benzene ring substituents is 1. The highest BCUT2D eigenvalue weighted by Gasteiger charge is 2.25. The molecule has 0 fully saturated rings. The minimum Gasteiger partial charge on any atom is -0.428 e. The van der Waals surface area contributed by atoms with Crippen LogP contribution in [0.25, 0.3) is 21.5 Å². The van der Waals surface area contributed by atoms with Gasteiger partial charge in [0.15, 0.2) is 0 Å². The number of nitrogens with zero attached hydrogens (tertiary/aromatic N) is 1. The smallest absolute Gasteiger partial charge is 0.342 e. The summed E-state index contributed by atoms with van der Waals surface area (Å²) in [6, 6.07) is 13.1. The van der Waals surface area contributed by atoms with Gasteiger partial charge in [0.25, 0.3) is 5.69 Å². The van der Waals surface area contributed by atoms with E-state index in [9.17, 15) is 19.7 Å². The summed E-state index contributed by atoms with van der Waals surface area (Å²) in [6.07, 6.45) is 0. The third-order valence-electron chi connectivity index (χ3n) is 3.74. The van der Waals surface area contributed by atoms with Crippen LogP contribution in [0, 0.1) is 10.1 Å². The van der Waals surface area contributed by atoms with Crippen molar-refractivity contribution in [2.45, 2.75) is 6.92 Å². The Bertz CT molecular complexity index is 954. The SMILES string of the molecule is CC(=O)OCOC(=O)c1c2ccccc2c([N+](=O)[O-])c2ccccc12. The van der Waals surface area contributed by atoms with Crippen molar-refractivity contribution in [2.75, 3.05) is 6.79 Å². The minimum absolute atomic E-state index is 0.0669. The fourth-order valence-electron chi connectivity index (χ4n) is 2.76. The number of ether oxygens (including phenoxy) is 2. The molecular weight excluding hydrogens is 326 g/mol. The molecule has 0 aromatic heterocycles. The summed E-state index contributed by atoms with van der Waals surface area (Å²) in [5, 5.41) is 13.1. The first-order valence-electron chi connectivity index (χ1n) is 7.39. The summed E-state index contributed by atoms with van der Waals surface area (Å²) in [6.45, 7) is 0.679. The van der Waals surface area contributed by atoms with Gasteiger partial charge in [-0.3, -0.25) is 14.9 Å². The lowest BCUT2D eigenvalue weighted by atomic mass is 9.95.